The van der Waals surface area contributed by atoms with Crippen molar-refractivity contribution in [1.29, 1.82) is 0 Å². The van der Waals surface area contributed by atoms with E-state index in [2.05, 4.69) is 21.0 Å². The quantitative estimate of drug-likeness (QED) is 0.791. The maximum Gasteiger partial charge on any atom is 0.139 e. The highest BCUT2D eigenvalue weighted by atomic mass is 79.9. The Hall–Kier alpha value is -0.390. The Kier molecular flexibility index (Phi) is 2.16. The van der Waals surface area contributed by atoms with Crippen LogP contribution < -0.4 is 0 Å². The number of fused-ring (bicyclic) bond motifs is 1. The van der Waals surface area contributed by atoms with Gasteiger partial charge in [-0.3, -0.25) is 0 Å². The first-order chi connectivity index (χ1) is 7.28. The number of epoxide rings is 1. The zero-order valence-corrected chi connectivity index (χ0v) is 10.2. The molecule has 0 aromatic carbocycles. The fraction of sp³-hybridized carbons (Fsp3) is 0.700. The van der Waals surface area contributed by atoms with Gasteiger partial charge in [0.05, 0.1) is 22.5 Å². The molecule has 82 valence electrons. The number of rotatable bonds is 3. The van der Waals surface area contributed by atoms with E-state index in [9.17, 15) is 0 Å². The monoisotopic (exact) mass is 272 g/mol. The highest BCUT2D eigenvalue weighted by Crippen LogP contribution is 2.58. The molecule has 2 aliphatic rings. The average molecular weight is 273 g/mol. The molecule has 3 rings (SSSR count). The van der Waals surface area contributed by atoms with Gasteiger partial charge in [-0.15, -0.1) is 0 Å². The Labute approximate surface area is 96.7 Å². The summed E-state index contributed by atoms with van der Waals surface area (Å²) in [7, 11) is 1.68. The predicted octanol–water partition coefficient (Wildman–Crippen LogP) is 2.03. The molecular weight excluding hydrogens is 260 g/mol. The zero-order chi connectivity index (χ0) is 10.5. The lowest BCUT2D eigenvalue weighted by molar-refractivity contribution is 0.111. The fourth-order valence-electron chi connectivity index (χ4n) is 2.61. The Morgan fingerprint density at radius 1 is 1.80 bits per heavy atom. The van der Waals surface area contributed by atoms with Crippen molar-refractivity contribution in [1.82, 2.24) is 9.78 Å². The number of halogens is 1. The summed E-state index contributed by atoms with van der Waals surface area (Å²) in [5.74, 6) is 0. The number of methoxy groups -OCH3 is 1. The Bertz CT molecular complexity index is 393. The molecule has 5 heteroatoms. The first-order valence-corrected chi connectivity index (χ1v) is 5.96. The Morgan fingerprint density at radius 3 is 3.27 bits per heavy atom. The van der Waals surface area contributed by atoms with Crippen LogP contribution in [0, 0.1) is 0 Å². The van der Waals surface area contributed by atoms with Crippen molar-refractivity contribution in [2.75, 3.05) is 7.11 Å². The molecule has 1 aromatic rings. The summed E-state index contributed by atoms with van der Waals surface area (Å²) in [5, 5.41) is 4.29. The number of hydrogen-bond donors (Lipinski definition) is 0. The van der Waals surface area contributed by atoms with Gasteiger partial charge >= 0.3 is 0 Å². The van der Waals surface area contributed by atoms with Gasteiger partial charge in [0.15, 0.2) is 0 Å². The first-order valence-electron chi connectivity index (χ1n) is 5.16. The van der Waals surface area contributed by atoms with Crippen molar-refractivity contribution in [2.45, 2.75) is 37.7 Å². The SMILES string of the molecule is COCn1ncc(Br)c1[C@@]12CCC[C@@H]1O2. The van der Waals surface area contributed by atoms with Crippen molar-refractivity contribution in [3.8, 4) is 0 Å². The third-order valence-electron chi connectivity index (χ3n) is 3.28. The van der Waals surface area contributed by atoms with E-state index in [4.69, 9.17) is 9.47 Å². The third-order valence-corrected chi connectivity index (χ3v) is 3.86. The number of ether oxygens (including phenoxy) is 2. The summed E-state index contributed by atoms with van der Waals surface area (Å²) in [4.78, 5) is 0. The van der Waals surface area contributed by atoms with Gasteiger partial charge in [0.1, 0.15) is 12.3 Å². The van der Waals surface area contributed by atoms with E-state index in [1.165, 1.54) is 12.8 Å². The van der Waals surface area contributed by atoms with Gasteiger partial charge in [0.2, 0.25) is 0 Å². The lowest BCUT2D eigenvalue weighted by atomic mass is 10.0. The van der Waals surface area contributed by atoms with Crippen molar-refractivity contribution in [2.24, 2.45) is 0 Å². The lowest BCUT2D eigenvalue weighted by Gasteiger charge is -2.12. The summed E-state index contributed by atoms with van der Waals surface area (Å²) >= 11 is 3.54. The molecule has 0 amide bonds. The van der Waals surface area contributed by atoms with Crippen molar-refractivity contribution in [3.05, 3.63) is 16.4 Å². The number of aromatic nitrogens is 2. The van der Waals surface area contributed by atoms with Crippen molar-refractivity contribution < 1.29 is 9.47 Å². The molecule has 1 aromatic heterocycles. The summed E-state index contributed by atoms with van der Waals surface area (Å²) in [5.41, 5.74) is 1.08. The van der Waals surface area contributed by atoms with Crippen LogP contribution >= 0.6 is 15.9 Å². The largest absolute Gasteiger partial charge is 0.362 e. The zero-order valence-electron chi connectivity index (χ0n) is 8.57. The maximum absolute atomic E-state index is 5.81. The maximum atomic E-state index is 5.81. The van der Waals surface area contributed by atoms with Gasteiger partial charge in [-0.25, -0.2) is 4.68 Å². The molecule has 1 saturated heterocycles. The lowest BCUT2D eigenvalue weighted by Crippen LogP contribution is -2.17. The van der Waals surface area contributed by atoms with Crippen LogP contribution in [0.4, 0.5) is 0 Å². The van der Waals surface area contributed by atoms with Gasteiger partial charge in [-0.1, -0.05) is 0 Å². The highest BCUT2D eigenvalue weighted by molar-refractivity contribution is 9.10. The number of nitrogens with zero attached hydrogens (tertiary/aromatic N) is 2. The van der Waals surface area contributed by atoms with E-state index in [1.807, 2.05) is 10.9 Å². The fourth-order valence-corrected chi connectivity index (χ4v) is 3.24. The second kappa shape index (κ2) is 3.30. The van der Waals surface area contributed by atoms with E-state index in [-0.39, 0.29) is 5.60 Å². The van der Waals surface area contributed by atoms with Crippen molar-refractivity contribution in [3.63, 3.8) is 0 Å². The molecule has 2 atom stereocenters. The van der Waals surface area contributed by atoms with Gasteiger partial charge in [0.25, 0.3) is 0 Å². The van der Waals surface area contributed by atoms with Gasteiger partial charge in [-0.2, -0.15) is 5.10 Å². The Balaban J connectivity index is 1.99. The molecule has 0 unspecified atom stereocenters. The highest BCUT2D eigenvalue weighted by Gasteiger charge is 2.62. The second-order valence-electron chi connectivity index (χ2n) is 4.15. The van der Waals surface area contributed by atoms with Crippen LogP contribution in [0.2, 0.25) is 0 Å². The van der Waals surface area contributed by atoms with Crippen LogP contribution in [-0.2, 0) is 21.8 Å². The molecular formula is C10H13BrN2O2. The molecule has 1 saturated carbocycles. The molecule has 15 heavy (non-hydrogen) atoms. The Morgan fingerprint density at radius 2 is 2.67 bits per heavy atom. The van der Waals surface area contributed by atoms with E-state index in [1.54, 1.807) is 7.11 Å². The van der Waals surface area contributed by atoms with Gasteiger partial charge < -0.3 is 9.47 Å². The smallest absolute Gasteiger partial charge is 0.139 e. The molecule has 2 heterocycles. The standard InChI is InChI=1S/C10H13BrN2O2/c1-14-6-13-9(7(11)5-12-13)10-4-2-3-8(10)15-10/h5,8H,2-4,6H2,1H3/t8-,10+/m0/s1. The van der Waals surface area contributed by atoms with E-state index < -0.39 is 0 Å². The van der Waals surface area contributed by atoms with Crippen LogP contribution in [0.5, 0.6) is 0 Å². The molecule has 0 radical (unpaired) electrons. The summed E-state index contributed by atoms with van der Waals surface area (Å²) in [6, 6.07) is 0. The van der Waals surface area contributed by atoms with Crippen LogP contribution in [0.1, 0.15) is 25.0 Å². The minimum absolute atomic E-state index is 0.0616. The summed E-state index contributed by atoms with van der Waals surface area (Å²) in [6.07, 6.45) is 5.74. The summed E-state index contributed by atoms with van der Waals surface area (Å²) < 4.78 is 13.9. The minimum atomic E-state index is -0.0616. The van der Waals surface area contributed by atoms with Crippen molar-refractivity contribution >= 4 is 15.9 Å². The first kappa shape index (κ1) is 9.81. The van der Waals surface area contributed by atoms with Crippen LogP contribution in [0.3, 0.4) is 0 Å². The van der Waals surface area contributed by atoms with E-state index >= 15 is 0 Å². The molecule has 0 spiro atoms. The predicted molar refractivity (Wildman–Crippen MR) is 57.3 cm³/mol. The topological polar surface area (TPSA) is 39.6 Å². The van der Waals surface area contributed by atoms with Crippen LogP contribution in [0.25, 0.3) is 0 Å². The van der Waals surface area contributed by atoms with E-state index in [0.717, 1.165) is 16.6 Å². The van der Waals surface area contributed by atoms with Crippen LogP contribution in [0.15, 0.2) is 10.7 Å². The molecule has 0 bridgehead atoms. The number of hydrogen-bond acceptors (Lipinski definition) is 3. The molecule has 0 N–H and O–H groups in total. The molecule has 4 nitrogen and oxygen atoms in total. The third kappa shape index (κ3) is 1.30. The second-order valence-corrected chi connectivity index (χ2v) is 5.00. The van der Waals surface area contributed by atoms with Gasteiger partial charge in [0, 0.05) is 7.11 Å². The molecule has 1 aliphatic heterocycles. The van der Waals surface area contributed by atoms with E-state index in [0.29, 0.717) is 12.8 Å². The minimum Gasteiger partial charge on any atom is -0.362 e. The van der Waals surface area contributed by atoms with Gasteiger partial charge in [-0.05, 0) is 35.2 Å². The normalized spacial score (nSPS) is 33.1. The summed E-state index contributed by atoms with van der Waals surface area (Å²) in [6.45, 7) is 0.485. The molecule has 1 aliphatic carbocycles. The molecule has 2 fully saturated rings. The van der Waals surface area contributed by atoms with Crippen LogP contribution in [-0.4, -0.2) is 23.0 Å². The average Bonchev–Trinajstić information content (AvgIpc) is 2.58.